The summed E-state index contributed by atoms with van der Waals surface area (Å²) < 4.78 is 4.92. The van der Waals surface area contributed by atoms with E-state index in [9.17, 15) is 4.79 Å². The minimum Gasteiger partial charge on any atom is -0.466 e. The van der Waals surface area contributed by atoms with Crippen LogP contribution in [0.25, 0.3) is 0 Å². The van der Waals surface area contributed by atoms with Gasteiger partial charge in [-0.2, -0.15) is 0 Å². The fourth-order valence-corrected chi connectivity index (χ4v) is 3.67. The van der Waals surface area contributed by atoms with E-state index >= 15 is 0 Å². The predicted octanol–water partition coefficient (Wildman–Crippen LogP) is 5.01. The van der Waals surface area contributed by atoms with Crippen LogP contribution >= 0.6 is 0 Å². The van der Waals surface area contributed by atoms with Crippen LogP contribution in [0.15, 0.2) is 0 Å². The maximum absolute atomic E-state index is 10.6. The third-order valence-electron chi connectivity index (χ3n) is 4.28. The van der Waals surface area contributed by atoms with Gasteiger partial charge in [0.25, 0.3) is 0 Å². The molecule has 0 heterocycles. The van der Waals surface area contributed by atoms with E-state index < -0.39 is 8.07 Å². The molecule has 108 valence electrons. The zero-order chi connectivity index (χ0) is 14.2. The van der Waals surface area contributed by atoms with Crippen LogP contribution in [-0.4, -0.2) is 20.7 Å². The molecule has 0 bridgehead atoms. The Kier molecular flexibility index (Phi) is 7.84. The predicted molar refractivity (Wildman–Crippen MR) is 81.7 cm³/mol. The first kappa shape index (κ1) is 17.7. The van der Waals surface area contributed by atoms with Crippen molar-refractivity contribution in [3.63, 3.8) is 0 Å². The van der Waals surface area contributed by atoms with Gasteiger partial charge in [-0.25, -0.2) is 0 Å². The lowest BCUT2D eigenvalue weighted by molar-refractivity contribution is -0.141. The maximum Gasteiger partial charge on any atom is 0.302 e. The summed E-state index contributed by atoms with van der Waals surface area (Å²) in [4.78, 5) is 10.6. The molecule has 0 unspecified atom stereocenters. The third-order valence-corrected chi connectivity index (χ3v) is 9.95. The number of hydrogen-bond acceptors (Lipinski definition) is 2. The normalized spacial score (nSPS) is 12.6. The molecular formula is C15H32O2Si. The first-order valence-electron chi connectivity index (χ1n) is 7.30. The van der Waals surface area contributed by atoms with Gasteiger partial charge >= 0.3 is 5.97 Å². The Morgan fingerprint density at radius 3 is 2.00 bits per heavy atom. The second-order valence-corrected chi connectivity index (χ2v) is 12.8. The highest BCUT2D eigenvalue weighted by molar-refractivity contribution is 6.80. The van der Waals surface area contributed by atoms with E-state index in [4.69, 9.17) is 4.74 Å². The summed E-state index contributed by atoms with van der Waals surface area (Å²) in [6.07, 6.45) is 6.16. The van der Waals surface area contributed by atoms with Gasteiger partial charge in [-0.1, -0.05) is 65.6 Å². The molecule has 0 aliphatic heterocycles. The fraction of sp³-hybridized carbons (Fsp3) is 0.933. The van der Waals surface area contributed by atoms with Crippen LogP contribution in [0, 0.1) is 0 Å². The second-order valence-electron chi connectivity index (χ2n) is 6.99. The van der Waals surface area contributed by atoms with Crippen LogP contribution in [0.4, 0.5) is 0 Å². The first-order valence-corrected chi connectivity index (χ1v) is 10.5. The molecular weight excluding hydrogens is 240 g/mol. The minimum absolute atomic E-state index is 0.159. The Morgan fingerprint density at radius 1 is 1.00 bits per heavy atom. The quantitative estimate of drug-likeness (QED) is 0.353. The highest BCUT2D eigenvalue weighted by Gasteiger charge is 2.33. The van der Waals surface area contributed by atoms with Crippen molar-refractivity contribution < 1.29 is 9.53 Å². The lowest BCUT2D eigenvalue weighted by atomic mass is 10.2. The van der Waals surface area contributed by atoms with Crippen molar-refractivity contribution in [2.75, 3.05) is 6.61 Å². The molecule has 3 heteroatoms. The molecule has 0 fully saturated rings. The molecule has 0 radical (unpaired) electrons. The van der Waals surface area contributed by atoms with Crippen LogP contribution in [0.2, 0.25) is 24.2 Å². The molecule has 0 amide bonds. The summed E-state index contributed by atoms with van der Waals surface area (Å²) in [5, 5.41) is 0.516. The Balaban J connectivity index is 3.49. The highest BCUT2D eigenvalue weighted by Crippen LogP contribution is 2.39. The van der Waals surface area contributed by atoms with Gasteiger partial charge in [0.05, 0.1) is 14.7 Å². The topological polar surface area (TPSA) is 26.3 Å². The molecule has 0 saturated heterocycles. The van der Waals surface area contributed by atoms with Gasteiger partial charge in [0, 0.05) is 6.92 Å². The molecule has 0 aromatic carbocycles. The smallest absolute Gasteiger partial charge is 0.302 e. The van der Waals surface area contributed by atoms with E-state index in [1.807, 2.05) is 0 Å². The molecule has 0 spiro atoms. The van der Waals surface area contributed by atoms with E-state index in [2.05, 4.69) is 33.9 Å². The second kappa shape index (κ2) is 7.98. The van der Waals surface area contributed by atoms with Gasteiger partial charge in [-0.05, 0) is 11.5 Å². The summed E-state index contributed by atoms with van der Waals surface area (Å²) >= 11 is 0. The lowest BCUT2D eigenvalue weighted by Crippen LogP contribution is -2.36. The Bertz CT molecular complexity index is 241. The van der Waals surface area contributed by atoms with Crippen molar-refractivity contribution in [3.05, 3.63) is 0 Å². The molecule has 0 aromatic heterocycles. The summed E-state index contributed by atoms with van der Waals surface area (Å²) in [6, 6.07) is 1.43. The van der Waals surface area contributed by atoms with Gasteiger partial charge in [-0.3, -0.25) is 4.79 Å². The standard InChI is InChI=1S/C15H32O2Si/c1-14(16)17-12-10-8-7-9-11-13-18(5,6)15(2,3)4/h7-13H2,1-6H3. The van der Waals surface area contributed by atoms with Crippen LogP contribution in [0.5, 0.6) is 0 Å². The molecule has 2 nitrogen and oxygen atoms in total. The molecule has 0 aromatic rings. The highest BCUT2D eigenvalue weighted by atomic mass is 28.3. The first-order chi connectivity index (χ1) is 8.17. The van der Waals surface area contributed by atoms with Crippen molar-refractivity contribution in [2.45, 2.75) is 84.0 Å². The van der Waals surface area contributed by atoms with Crippen molar-refractivity contribution >= 4 is 14.0 Å². The summed E-state index contributed by atoms with van der Waals surface area (Å²) in [6.45, 7) is 14.2. The fourth-order valence-electron chi connectivity index (χ4n) is 1.79. The average Bonchev–Trinajstić information content (AvgIpc) is 2.19. The van der Waals surface area contributed by atoms with Crippen LogP contribution in [0.3, 0.4) is 0 Å². The zero-order valence-corrected chi connectivity index (χ0v) is 14.3. The number of carbonyl (C=O) groups excluding carboxylic acids is 1. The van der Waals surface area contributed by atoms with Gasteiger partial charge in [-0.15, -0.1) is 0 Å². The molecule has 0 saturated carbocycles. The third kappa shape index (κ3) is 7.91. The van der Waals surface area contributed by atoms with E-state index in [0.717, 1.165) is 6.42 Å². The van der Waals surface area contributed by atoms with Gasteiger partial charge in [0.15, 0.2) is 0 Å². The number of rotatable bonds is 8. The number of esters is 1. The maximum atomic E-state index is 10.6. The monoisotopic (exact) mass is 272 g/mol. The summed E-state index contributed by atoms with van der Waals surface area (Å²) in [7, 11) is -1.06. The molecule has 0 N–H and O–H groups in total. The van der Waals surface area contributed by atoms with Crippen molar-refractivity contribution in [1.82, 2.24) is 0 Å². The van der Waals surface area contributed by atoms with Crippen molar-refractivity contribution in [1.29, 1.82) is 0 Å². The van der Waals surface area contributed by atoms with Gasteiger partial charge in [0.1, 0.15) is 0 Å². The van der Waals surface area contributed by atoms with E-state index in [0.29, 0.717) is 11.6 Å². The number of carbonyl (C=O) groups is 1. The molecule has 0 aliphatic rings. The van der Waals surface area contributed by atoms with Gasteiger partial charge < -0.3 is 4.74 Å². The van der Waals surface area contributed by atoms with Crippen molar-refractivity contribution in [3.8, 4) is 0 Å². The average molecular weight is 273 g/mol. The number of unbranched alkanes of at least 4 members (excludes halogenated alkanes) is 4. The SMILES string of the molecule is CC(=O)OCCCCCCC[Si](C)(C)C(C)(C)C. The Morgan fingerprint density at radius 2 is 1.50 bits per heavy atom. The van der Waals surface area contributed by atoms with E-state index in [1.54, 1.807) is 0 Å². The molecule has 18 heavy (non-hydrogen) atoms. The molecule has 0 atom stereocenters. The largest absolute Gasteiger partial charge is 0.466 e. The summed E-state index contributed by atoms with van der Waals surface area (Å²) in [5.41, 5.74) is 0. The van der Waals surface area contributed by atoms with E-state index in [1.165, 1.54) is 38.7 Å². The van der Waals surface area contributed by atoms with Crippen molar-refractivity contribution in [2.24, 2.45) is 0 Å². The molecule has 0 rings (SSSR count). The molecule has 0 aliphatic carbocycles. The Labute approximate surface area is 115 Å². The van der Waals surface area contributed by atoms with Crippen LogP contribution in [0.1, 0.15) is 59.8 Å². The zero-order valence-electron chi connectivity index (χ0n) is 13.3. The van der Waals surface area contributed by atoms with Crippen LogP contribution < -0.4 is 0 Å². The summed E-state index contributed by atoms with van der Waals surface area (Å²) in [5.74, 6) is -0.159. The van der Waals surface area contributed by atoms with Gasteiger partial charge in [0.2, 0.25) is 0 Å². The Hall–Kier alpha value is -0.313. The lowest BCUT2D eigenvalue weighted by Gasteiger charge is -2.37. The number of ether oxygens (including phenoxy) is 1. The number of hydrogen-bond donors (Lipinski definition) is 0. The van der Waals surface area contributed by atoms with E-state index in [-0.39, 0.29) is 5.97 Å². The minimum atomic E-state index is -1.06. The van der Waals surface area contributed by atoms with Crippen LogP contribution in [-0.2, 0) is 9.53 Å².